The molecule has 0 unspecified atom stereocenters. The summed E-state index contributed by atoms with van der Waals surface area (Å²) in [7, 11) is 2.12. The molecule has 6 rings (SSSR count). The maximum absolute atomic E-state index is 12.9. The summed E-state index contributed by atoms with van der Waals surface area (Å²) < 4.78 is 6.83. The summed E-state index contributed by atoms with van der Waals surface area (Å²) in [5, 5.41) is 2.64. The molecule has 13 heteroatoms. The fourth-order valence-corrected chi connectivity index (χ4v) is 5.13. The number of piperazine rings is 1. The van der Waals surface area contributed by atoms with Crippen LogP contribution in [0.15, 0.2) is 37.1 Å². The molecule has 0 atom stereocenters. The third-order valence-electron chi connectivity index (χ3n) is 7.32. The van der Waals surface area contributed by atoms with Gasteiger partial charge in [-0.1, -0.05) is 7.43 Å². The fraction of sp³-hybridized carbons (Fsp3) is 0.429. The smallest absolute Gasteiger partial charge is 0.413 e. The minimum absolute atomic E-state index is 0. The largest absolute Gasteiger partial charge is 0.450 e. The summed E-state index contributed by atoms with van der Waals surface area (Å²) in [5.41, 5.74) is 3.92. The van der Waals surface area contributed by atoms with Crippen LogP contribution in [0.2, 0.25) is 0 Å². The number of carbonyl (C=O) groups is 2. The van der Waals surface area contributed by atoms with E-state index in [0.717, 1.165) is 69.2 Å². The van der Waals surface area contributed by atoms with E-state index in [9.17, 15) is 9.59 Å². The number of aromatic amines is 1. The highest BCUT2D eigenvalue weighted by atomic mass is 16.5. The first kappa shape index (κ1) is 28.0. The maximum Gasteiger partial charge on any atom is 0.413 e. The molecular formula is C28H36N10O3. The summed E-state index contributed by atoms with van der Waals surface area (Å²) >= 11 is 0. The monoisotopic (exact) mass is 560 g/mol. The Labute approximate surface area is 238 Å². The van der Waals surface area contributed by atoms with Gasteiger partial charge in [-0.05, 0) is 38.9 Å². The van der Waals surface area contributed by atoms with Crippen molar-refractivity contribution in [2.45, 2.75) is 27.2 Å². The van der Waals surface area contributed by atoms with E-state index < -0.39 is 6.09 Å². The molecule has 13 nitrogen and oxygen atoms in total. The topological polar surface area (TPSA) is 137 Å². The summed E-state index contributed by atoms with van der Waals surface area (Å²) in [6.07, 6.45) is 6.39. The van der Waals surface area contributed by atoms with Crippen LogP contribution in [0.4, 0.5) is 16.6 Å². The molecule has 1 aromatic carbocycles. The zero-order chi connectivity index (χ0) is 27.6. The van der Waals surface area contributed by atoms with Crippen LogP contribution in [-0.4, -0.2) is 104 Å². The second kappa shape index (κ2) is 11.9. The number of hydrogen-bond donors (Lipinski definition) is 2. The third-order valence-corrected chi connectivity index (χ3v) is 7.32. The number of rotatable bonds is 6. The molecular weight excluding hydrogens is 524 g/mol. The van der Waals surface area contributed by atoms with Gasteiger partial charge in [0.15, 0.2) is 0 Å². The quantitative estimate of drug-likeness (QED) is 0.363. The highest BCUT2D eigenvalue weighted by molar-refractivity contribution is 5.96. The van der Waals surface area contributed by atoms with E-state index in [1.807, 2.05) is 27.7 Å². The zero-order valence-corrected chi connectivity index (χ0v) is 22.6. The average Bonchev–Trinajstić information content (AvgIpc) is 3.74. The van der Waals surface area contributed by atoms with Crippen LogP contribution in [0.3, 0.4) is 0 Å². The lowest BCUT2D eigenvalue weighted by molar-refractivity contribution is 0.0787. The summed E-state index contributed by atoms with van der Waals surface area (Å²) in [4.78, 5) is 52.7. The first-order chi connectivity index (χ1) is 19.5. The molecule has 4 aromatic rings. The lowest BCUT2D eigenvalue weighted by atomic mass is 10.1. The van der Waals surface area contributed by atoms with Crippen molar-refractivity contribution in [2.24, 2.45) is 0 Å². The lowest BCUT2D eigenvalue weighted by Crippen LogP contribution is -2.44. The number of anilines is 2. The van der Waals surface area contributed by atoms with Crippen molar-refractivity contribution < 1.29 is 14.3 Å². The van der Waals surface area contributed by atoms with Crippen LogP contribution in [0.1, 0.15) is 37.7 Å². The highest BCUT2D eigenvalue weighted by Crippen LogP contribution is 2.32. The summed E-state index contributed by atoms with van der Waals surface area (Å²) in [6.45, 7) is 7.18. The van der Waals surface area contributed by atoms with Gasteiger partial charge in [-0.2, -0.15) is 0 Å². The van der Waals surface area contributed by atoms with Crippen LogP contribution < -0.4 is 10.2 Å². The molecule has 216 valence electrons. The van der Waals surface area contributed by atoms with E-state index in [1.54, 1.807) is 25.8 Å². The van der Waals surface area contributed by atoms with E-state index >= 15 is 0 Å². The number of nitrogens with one attached hydrogen (secondary N) is 2. The molecule has 0 aliphatic carbocycles. The van der Waals surface area contributed by atoms with E-state index in [1.165, 1.54) is 0 Å². The van der Waals surface area contributed by atoms with Gasteiger partial charge in [0.1, 0.15) is 29.7 Å². The van der Waals surface area contributed by atoms with E-state index in [2.05, 4.69) is 47.1 Å². The normalized spacial score (nSPS) is 15.7. The zero-order valence-electron chi connectivity index (χ0n) is 22.6. The standard InChI is InChI=1S/C27H32N10O3.CH4/c1-3-40-27(39)33-26-31-21-13-18(37-15-22(30-17-37)25(38)36-6-4-5-7-36)12-19(24(21)32-26)20-14-23(29-16-28-20)35-10-8-34(2)9-11-35;/h12-17H,3-11H2,1-2H3,(H2,31,32,33,39);1H4. The molecule has 41 heavy (non-hydrogen) atoms. The molecule has 2 N–H and O–H groups in total. The van der Waals surface area contributed by atoms with Gasteiger partial charge in [-0.15, -0.1) is 0 Å². The van der Waals surface area contributed by atoms with Gasteiger partial charge in [-0.3, -0.25) is 10.1 Å². The first-order valence-corrected chi connectivity index (χ1v) is 13.6. The molecule has 0 radical (unpaired) electrons. The Bertz CT molecular complexity index is 1530. The van der Waals surface area contributed by atoms with E-state index in [-0.39, 0.29) is 25.9 Å². The number of aromatic nitrogens is 6. The van der Waals surface area contributed by atoms with Gasteiger partial charge >= 0.3 is 6.09 Å². The van der Waals surface area contributed by atoms with Gasteiger partial charge in [0.25, 0.3) is 5.91 Å². The summed E-state index contributed by atoms with van der Waals surface area (Å²) in [5.74, 6) is 1.04. The number of carbonyl (C=O) groups excluding carboxylic acids is 2. The van der Waals surface area contributed by atoms with Gasteiger partial charge in [0, 0.05) is 62.8 Å². The Morgan fingerprint density at radius 3 is 2.56 bits per heavy atom. The number of likely N-dealkylation sites (N-methyl/N-ethyl adjacent to an activating group) is 1. The number of likely N-dealkylation sites (tertiary alicyclic amines) is 1. The second-order valence-electron chi connectivity index (χ2n) is 10.0. The Balaban J connectivity index is 0.00000337. The minimum atomic E-state index is -0.595. The van der Waals surface area contributed by atoms with Gasteiger partial charge < -0.3 is 29.0 Å². The molecule has 0 saturated carbocycles. The summed E-state index contributed by atoms with van der Waals surface area (Å²) in [6, 6.07) is 5.82. The number of fused-ring (bicyclic) bond motifs is 1. The van der Waals surface area contributed by atoms with E-state index in [4.69, 9.17) is 4.74 Å². The average molecular weight is 561 g/mol. The number of ether oxygens (including phenoxy) is 1. The second-order valence-corrected chi connectivity index (χ2v) is 10.0. The predicted octanol–water partition coefficient (Wildman–Crippen LogP) is 3.40. The lowest BCUT2D eigenvalue weighted by Gasteiger charge is -2.33. The van der Waals surface area contributed by atoms with Crippen molar-refractivity contribution >= 4 is 34.8 Å². The highest BCUT2D eigenvalue weighted by Gasteiger charge is 2.23. The van der Waals surface area contributed by atoms with Crippen LogP contribution in [0.5, 0.6) is 0 Å². The predicted molar refractivity (Wildman–Crippen MR) is 156 cm³/mol. The van der Waals surface area contributed by atoms with Crippen molar-refractivity contribution in [3.8, 4) is 16.9 Å². The Hall–Kier alpha value is -4.52. The number of hydrogen-bond acceptors (Lipinski definition) is 9. The number of amides is 2. The molecule has 2 amide bonds. The Morgan fingerprint density at radius 1 is 1.02 bits per heavy atom. The van der Waals surface area contributed by atoms with Crippen molar-refractivity contribution in [1.29, 1.82) is 0 Å². The SMILES string of the molecule is C.CCOC(=O)Nc1nc2c(-c3cc(N4CCN(C)CC4)ncn3)cc(-n3cnc(C(=O)N4CCCC4)c3)cc2[nH]1. The van der Waals surface area contributed by atoms with Crippen LogP contribution in [0.25, 0.3) is 28.0 Å². The fourth-order valence-electron chi connectivity index (χ4n) is 5.13. The molecule has 2 aliphatic rings. The Kier molecular flexibility index (Phi) is 8.15. The van der Waals surface area contributed by atoms with Crippen molar-refractivity contribution in [3.05, 3.63) is 42.7 Å². The minimum Gasteiger partial charge on any atom is -0.450 e. The van der Waals surface area contributed by atoms with Crippen molar-refractivity contribution in [2.75, 3.05) is 63.1 Å². The number of benzene rings is 1. The van der Waals surface area contributed by atoms with Crippen LogP contribution in [0, 0.1) is 0 Å². The molecule has 0 spiro atoms. The molecule has 5 heterocycles. The third kappa shape index (κ3) is 5.85. The van der Waals surface area contributed by atoms with Gasteiger partial charge in [-0.25, -0.2) is 24.7 Å². The molecule has 2 fully saturated rings. The Morgan fingerprint density at radius 2 is 1.80 bits per heavy atom. The van der Waals surface area contributed by atoms with Crippen LogP contribution in [-0.2, 0) is 4.74 Å². The molecule has 0 bridgehead atoms. The van der Waals surface area contributed by atoms with Crippen molar-refractivity contribution in [1.82, 2.24) is 39.3 Å². The molecule has 3 aromatic heterocycles. The van der Waals surface area contributed by atoms with E-state index in [0.29, 0.717) is 22.4 Å². The maximum atomic E-state index is 12.9. The molecule has 2 aliphatic heterocycles. The number of H-pyrrole nitrogens is 1. The molecule has 2 saturated heterocycles. The number of imidazole rings is 2. The van der Waals surface area contributed by atoms with Crippen molar-refractivity contribution in [3.63, 3.8) is 0 Å². The number of nitrogens with zero attached hydrogens (tertiary/aromatic N) is 8. The van der Waals surface area contributed by atoms with Gasteiger partial charge in [0.2, 0.25) is 5.95 Å². The van der Waals surface area contributed by atoms with Gasteiger partial charge in [0.05, 0.1) is 17.8 Å². The van der Waals surface area contributed by atoms with Crippen LogP contribution >= 0.6 is 0 Å². The first-order valence-electron chi connectivity index (χ1n) is 13.6.